The number of carbonyl (C=O) groups is 1. The van der Waals surface area contributed by atoms with Crippen molar-refractivity contribution in [2.24, 2.45) is 0 Å². The molecule has 33 heavy (non-hydrogen) atoms. The Kier molecular flexibility index (Phi) is 6.56. The summed E-state index contributed by atoms with van der Waals surface area (Å²) >= 11 is 6.52. The van der Waals surface area contributed by atoms with Gasteiger partial charge in [0.1, 0.15) is 0 Å². The van der Waals surface area contributed by atoms with Gasteiger partial charge in [-0.3, -0.25) is 4.79 Å². The van der Waals surface area contributed by atoms with Gasteiger partial charge in [0.15, 0.2) is 0 Å². The molecule has 4 aromatic rings. The standard InChI is InChI=1S/C25H24ClN3O3S/c1-16-11-12-18(29-17(2)30)13-25(16)33(31,32)28-15-22(19-7-3-5-9-23(19)26)21-14-27-24-10-6-4-8-20(21)24/h3-14,22,27-28H,15H2,1-2H3,(H,29,30)/t22-/m0/s1. The Morgan fingerprint density at radius 1 is 1.03 bits per heavy atom. The third-order valence-electron chi connectivity index (χ3n) is 5.55. The van der Waals surface area contributed by atoms with Gasteiger partial charge in [-0.05, 0) is 47.9 Å². The third-order valence-corrected chi connectivity index (χ3v) is 7.46. The number of hydrogen-bond donors (Lipinski definition) is 3. The van der Waals surface area contributed by atoms with E-state index in [1.807, 2.05) is 48.7 Å². The number of para-hydroxylation sites is 1. The van der Waals surface area contributed by atoms with E-state index in [9.17, 15) is 13.2 Å². The summed E-state index contributed by atoms with van der Waals surface area (Å²) in [7, 11) is -3.86. The predicted octanol–water partition coefficient (Wildman–Crippen LogP) is 5.20. The van der Waals surface area contributed by atoms with E-state index in [1.54, 1.807) is 25.1 Å². The number of carbonyl (C=O) groups excluding carboxylic acids is 1. The summed E-state index contributed by atoms with van der Waals surface area (Å²) in [5.41, 5.74) is 3.75. The average molecular weight is 482 g/mol. The number of fused-ring (bicyclic) bond motifs is 1. The van der Waals surface area contributed by atoms with Crippen molar-refractivity contribution in [1.29, 1.82) is 0 Å². The van der Waals surface area contributed by atoms with Gasteiger partial charge in [0.05, 0.1) is 4.90 Å². The molecule has 1 amide bonds. The van der Waals surface area contributed by atoms with Crippen molar-refractivity contribution in [1.82, 2.24) is 9.71 Å². The quantitative estimate of drug-likeness (QED) is 0.339. The Morgan fingerprint density at radius 2 is 1.76 bits per heavy atom. The minimum absolute atomic E-state index is 0.109. The molecule has 8 heteroatoms. The zero-order chi connectivity index (χ0) is 23.6. The van der Waals surface area contributed by atoms with Gasteiger partial charge in [-0.15, -0.1) is 0 Å². The van der Waals surface area contributed by atoms with Gasteiger partial charge < -0.3 is 10.3 Å². The summed E-state index contributed by atoms with van der Waals surface area (Å²) in [5.74, 6) is -0.586. The van der Waals surface area contributed by atoms with Gasteiger partial charge in [-0.2, -0.15) is 0 Å². The largest absolute Gasteiger partial charge is 0.361 e. The second-order valence-electron chi connectivity index (χ2n) is 7.88. The van der Waals surface area contributed by atoms with Crippen LogP contribution in [0.1, 0.15) is 29.5 Å². The van der Waals surface area contributed by atoms with Gasteiger partial charge in [0.2, 0.25) is 15.9 Å². The third kappa shape index (κ3) is 4.95. The van der Waals surface area contributed by atoms with E-state index in [4.69, 9.17) is 11.6 Å². The SMILES string of the molecule is CC(=O)Nc1ccc(C)c(S(=O)(=O)NC[C@@H](c2ccccc2Cl)c2c[nH]c3ccccc23)c1. The van der Waals surface area contributed by atoms with Gasteiger partial charge in [0, 0.05) is 47.2 Å². The molecule has 4 rings (SSSR count). The summed E-state index contributed by atoms with van der Waals surface area (Å²) in [6.45, 7) is 3.21. The van der Waals surface area contributed by atoms with Crippen LogP contribution in [0.15, 0.2) is 77.8 Å². The summed E-state index contributed by atoms with van der Waals surface area (Å²) in [6.07, 6.45) is 1.90. The van der Waals surface area contributed by atoms with E-state index in [0.717, 1.165) is 22.0 Å². The van der Waals surface area contributed by atoms with Crippen LogP contribution < -0.4 is 10.0 Å². The molecule has 170 valence electrons. The smallest absolute Gasteiger partial charge is 0.240 e. The summed E-state index contributed by atoms with van der Waals surface area (Å²) < 4.78 is 29.3. The summed E-state index contributed by atoms with van der Waals surface area (Å²) in [4.78, 5) is 14.8. The van der Waals surface area contributed by atoms with E-state index in [1.165, 1.54) is 13.0 Å². The van der Waals surface area contributed by atoms with Crippen LogP contribution in [0.2, 0.25) is 5.02 Å². The molecule has 0 unspecified atom stereocenters. The number of aryl methyl sites for hydroxylation is 1. The average Bonchev–Trinajstić information content (AvgIpc) is 3.20. The van der Waals surface area contributed by atoms with Crippen LogP contribution in [0, 0.1) is 6.92 Å². The van der Waals surface area contributed by atoms with E-state index < -0.39 is 10.0 Å². The molecule has 0 bridgehead atoms. The number of amides is 1. The number of sulfonamides is 1. The minimum atomic E-state index is -3.86. The van der Waals surface area contributed by atoms with E-state index in [-0.39, 0.29) is 23.3 Å². The molecule has 0 aliphatic rings. The molecule has 0 saturated carbocycles. The lowest BCUT2D eigenvalue weighted by molar-refractivity contribution is -0.114. The number of aromatic amines is 1. The first-order valence-electron chi connectivity index (χ1n) is 10.4. The molecule has 3 N–H and O–H groups in total. The molecule has 1 aromatic heterocycles. The Bertz CT molecular complexity index is 1430. The topological polar surface area (TPSA) is 91.1 Å². The van der Waals surface area contributed by atoms with Crippen molar-refractivity contribution in [3.63, 3.8) is 0 Å². The fraction of sp³-hybridized carbons (Fsp3) is 0.160. The number of hydrogen-bond acceptors (Lipinski definition) is 3. The maximum Gasteiger partial charge on any atom is 0.240 e. The molecule has 0 aliphatic heterocycles. The lowest BCUT2D eigenvalue weighted by Gasteiger charge is -2.20. The molecular formula is C25H24ClN3O3S. The van der Waals surface area contributed by atoms with Crippen LogP contribution in [0.25, 0.3) is 10.9 Å². The number of aromatic nitrogens is 1. The monoisotopic (exact) mass is 481 g/mol. The van der Waals surface area contributed by atoms with Gasteiger partial charge in [0.25, 0.3) is 0 Å². The van der Waals surface area contributed by atoms with E-state index in [2.05, 4.69) is 15.0 Å². The highest BCUT2D eigenvalue weighted by Crippen LogP contribution is 2.34. The number of anilines is 1. The number of rotatable bonds is 7. The highest BCUT2D eigenvalue weighted by Gasteiger charge is 2.24. The Morgan fingerprint density at radius 3 is 2.52 bits per heavy atom. The lowest BCUT2D eigenvalue weighted by Crippen LogP contribution is -2.29. The second kappa shape index (κ2) is 9.39. The van der Waals surface area contributed by atoms with Gasteiger partial charge in [-0.25, -0.2) is 13.1 Å². The van der Waals surface area contributed by atoms with E-state index in [0.29, 0.717) is 16.3 Å². The van der Waals surface area contributed by atoms with Crippen LogP contribution in [0.3, 0.4) is 0 Å². The van der Waals surface area contributed by atoms with Crippen LogP contribution in [-0.2, 0) is 14.8 Å². The number of H-pyrrole nitrogens is 1. The lowest BCUT2D eigenvalue weighted by atomic mass is 9.91. The first kappa shape index (κ1) is 23.0. The number of halogens is 1. The fourth-order valence-corrected chi connectivity index (χ4v) is 5.55. The van der Waals surface area contributed by atoms with Crippen molar-refractivity contribution in [2.75, 3.05) is 11.9 Å². The molecule has 1 atom stereocenters. The van der Waals surface area contributed by atoms with E-state index >= 15 is 0 Å². The molecule has 3 aromatic carbocycles. The molecule has 0 spiro atoms. The first-order valence-corrected chi connectivity index (χ1v) is 12.3. The fourth-order valence-electron chi connectivity index (χ4n) is 3.97. The number of nitrogens with one attached hydrogen (secondary N) is 3. The summed E-state index contributed by atoms with van der Waals surface area (Å²) in [5, 5.41) is 4.20. The molecule has 6 nitrogen and oxygen atoms in total. The van der Waals surface area contributed by atoms with Crippen LogP contribution >= 0.6 is 11.6 Å². The molecule has 0 radical (unpaired) electrons. The van der Waals surface area contributed by atoms with Crippen molar-refractivity contribution in [3.8, 4) is 0 Å². The van der Waals surface area contributed by atoms with Crippen molar-refractivity contribution in [3.05, 3.63) is 94.6 Å². The zero-order valence-corrected chi connectivity index (χ0v) is 19.8. The van der Waals surface area contributed by atoms with Gasteiger partial charge in [-0.1, -0.05) is 54.1 Å². The van der Waals surface area contributed by atoms with Crippen LogP contribution in [0.4, 0.5) is 5.69 Å². The predicted molar refractivity (Wildman–Crippen MR) is 132 cm³/mol. The molecule has 0 aliphatic carbocycles. The minimum Gasteiger partial charge on any atom is -0.361 e. The zero-order valence-electron chi connectivity index (χ0n) is 18.2. The van der Waals surface area contributed by atoms with Crippen molar-refractivity contribution >= 4 is 44.1 Å². The van der Waals surface area contributed by atoms with Crippen LogP contribution in [-0.4, -0.2) is 25.9 Å². The Hall–Kier alpha value is -3.13. The maximum absolute atomic E-state index is 13.3. The second-order valence-corrected chi connectivity index (χ2v) is 10.0. The normalized spacial score (nSPS) is 12.6. The summed E-state index contributed by atoms with van der Waals surface area (Å²) in [6, 6.07) is 20.1. The Balaban J connectivity index is 1.71. The van der Waals surface area contributed by atoms with Gasteiger partial charge >= 0.3 is 0 Å². The van der Waals surface area contributed by atoms with Crippen molar-refractivity contribution in [2.45, 2.75) is 24.7 Å². The Labute approximate surface area is 198 Å². The molecule has 1 heterocycles. The maximum atomic E-state index is 13.3. The highest BCUT2D eigenvalue weighted by atomic mass is 35.5. The molecule has 0 fully saturated rings. The molecule has 0 saturated heterocycles. The number of benzene rings is 3. The first-order chi connectivity index (χ1) is 15.8. The van der Waals surface area contributed by atoms with Crippen molar-refractivity contribution < 1.29 is 13.2 Å². The van der Waals surface area contributed by atoms with Crippen LogP contribution in [0.5, 0.6) is 0 Å². The highest BCUT2D eigenvalue weighted by molar-refractivity contribution is 7.89. The molecular weight excluding hydrogens is 458 g/mol.